The predicted molar refractivity (Wildman–Crippen MR) is 62.8 cm³/mol. The molecule has 0 aromatic heterocycles. The zero-order valence-corrected chi connectivity index (χ0v) is 10.6. The molecule has 92 valence electrons. The van der Waals surface area contributed by atoms with E-state index in [1.807, 2.05) is 20.8 Å². The fourth-order valence-corrected chi connectivity index (χ4v) is 1.93. The van der Waals surface area contributed by atoms with E-state index in [4.69, 9.17) is 9.47 Å². The molecule has 0 radical (unpaired) electrons. The number of aliphatic hydroxyl groups excluding tert-OH is 1. The van der Waals surface area contributed by atoms with Gasteiger partial charge in [0.25, 0.3) is 0 Å². The van der Waals surface area contributed by atoms with E-state index in [1.165, 1.54) is 0 Å². The summed E-state index contributed by atoms with van der Waals surface area (Å²) >= 11 is 0. The average Bonchev–Trinajstić information content (AvgIpc) is 2.51. The Hall–Kier alpha value is -0.560. The lowest BCUT2D eigenvalue weighted by atomic mass is 10.0. The highest BCUT2D eigenvalue weighted by Crippen LogP contribution is 2.32. The summed E-state index contributed by atoms with van der Waals surface area (Å²) in [5, 5.41) is 9.93. The van der Waals surface area contributed by atoms with Crippen molar-refractivity contribution in [3.05, 3.63) is 0 Å². The Morgan fingerprint density at radius 2 is 2.00 bits per heavy atom. The van der Waals surface area contributed by atoms with Crippen molar-refractivity contribution in [2.24, 2.45) is 0 Å². The lowest BCUT2D eigenvalue weighted by Gasteiger charge is -2.18. The Labute approximate surface area is 98.1 Å². The molecule has 0 saturated carbocycles. The highest BCUT2D eigenvalue weighted by Gasteiger charge is 2.43. The molecule has 0 aromatic rings. The minimum atomic E-state index is -0.752. The minimum absolute atomic E-state index is 0.0545. The molecule has 16 heavy (non-hydrogen) atoms. The summed E-state index contributed by atoms with van der Waals surface area (Å²) < 4.78 is 11.5. The molecule has 0 spiro atoms. The maximum atomic E-state index is 9.93. The Morgan fingerprint density at radius 1 is 1.31 bits per heavy atom. The van der Waals surface area contributed by atoms with Crippen LogP contribution in [0.3, 0.4) is 0 Å². The monoisotopic (exact) mass is 226 g/mol. The number of hydrogen-bond acceptors (Lipinski definition) is 3. The van der Waals surface area contributed by atoms with E-state index in [0.717, 1.165) is 19.3 Å². The maximum absolute atomic E-state index is 9.93. The van der Waals surface area contributed by atoms with E-state index in [0.29, 0.717) is 0 Å². The van der Waals surface area contributed by atoms with Gasteiger partial charge in [-0.2, -0.15) is 0 Å². The van der Waals surface area contributed by atoms with Gasteiger partial charge in [0.1, 0.15) is 12.2 Å². The Morgan fingerprint density at radius 3 is 2.56 bits per heavy atom. The third kappa shape index (κ3) is 3.48. The van der Waals surface area contributed by atoms with Gasteiger partial charge < -0.3 is 14.6 Å². The van der Waals surface area contributed by atoms with Crippen molar-refractivity contribution in [1.82, 2.24) is 0 Å². The van der Waals surface area contributed by atoms with E-state index in [-0.39, 0.29) is 12.2 Å². The van der Waals surface area contributed by atoms with E-state index >= 15 is 0 Å². The third-order valence-electron chi connectivity index (χ3n) is 2.53. The SMILES string of the molecule is CCC#CC(O)C1OC(C)(C)OC1CCC. The Bertz CT molecular complexity index is 275. The van der Waals surface area contributed by atoms with E-state index in [1.54, 1.807) is 0 Å². The van der Waals surface area contributed by atoms with Crippen LogP contribution in [0, 0.1) is 11.8 Å². The van der Waals surface area contributed by atoms with E-state index < -0.39 is 11.9 Å². The molecule has 0 aliphatic carbocycles. The first-order valence-corrected chi connectivity index (χ1v) is 6.02. The van der Waals surface area contributed by atoms with Crippen LogP contribution in [0.4, 0.5) is 0 Å². The molecule has 3 atom stereocenters. The van der Waals surface area contributed by atoms with Gasteiger partial charge in [0.15, 0.2) is 5.79 Å². The summed E-state index contributed by atoms with van der Waals surface area (Å²) in [4.78, 5) is 0. The van der Waals surface area contributed by atoms with E-state index in [9.17, 15) is 5.11 Å². The van der Waals surface area contributed by atoms with Crippen molar-refractivity contribution < 1.29 is 14.6 Å². The molecule has 1 heterocycles. The first-order chi connectivity index (χ1) is 7.50. The highest BCUT2D eigenvalue weighted by molar-refractivity contribution is 5.08. The van der Waals surface area contributed by atoms with Crippen LogP contribution in [-0.4, -0.2) is 29.2 Å². The molecule has 3 unspecified atom stereocenters. The lowest BCUT2D eigenvalue weighted by Crippen LogP contribution is -2.34. The van der Waals surface area contributed by atoms with Crippen molar-refractivity contribution in [1.29, 1.82) is 0 Å². The van der Waals surface area contributed by atoms with Crippen LogP contribution in [0.5, 0.6) is 0 Å². The van der Waals surface area contributed by atoms with Gasteiger partial charge in [-0.3, -0.25) is 0 Å². The van der Waals surface area contributed by atoms with E-state index in [2.05, 4.69) is 18.8 Å². The van der Waals surface area contributed by atoms with Crippen molar-refractivity contribution in [2.45, 2.75) is 71.1 Å². The fraction of sp³-hybridized carbons (Fsp3) is 0.846. The number of rotatable bonds is 3. The normalized spacial score (nSPS) is 29.6. The van der Waals surface area contributed by atoms with Gasteiger partial charge in [-0.25, -0.2) is 0 Å². The van der Waals surface area contributed by atoms with Crippen LogP contribution < -0.4 is 0 Å². The molecule has 0 amide bonds. The largest absolute Gasteiger partial charge is 0.378 e. The lowest BCUT2D eigenvalue weighted by molar-refractivity contribution is -0.152. The van der Waals surface area contributed by atoms with Crippen molar-refractivity contribution >= 4 is 0 Å². The second-order valence-corrected chi connectivity index (χ2v) is 4.55. The van der Waals surface area contributed by atoms with Gasteiger partial charge in [0.2, 0.25) is 0 Å². The molecular weight excluding hydrogens is 204 g/mol. The zero-order valence-electron chi connectivity index (χ0n) is 10.6. The summed E-state index contributed by atoms with van der Waals surface area (Å²) in [6.45, 7) is 7.79. The molecule has 0 aromatic carbocycles. The molecular formula is C13H22O3. The second kappa shape index (κ2) is 5.67. The van der Waals surface area contributed by atoms with Crippen LogP contribution >= 0.6 is 0 Å². The highest BCUT2D eigenvalue weighted by atomic mass is 16.8. The minimum Gasteiger partial charge on any atom is -0.378 e. The maximum Gasteiger partial charge on any atom is 0.163 e. The first-order valence-electron chi connectivity index (χ1n) is 6.02. The van der Waals surface area contributed by atoms with Crippen LogP contribution in [0.25, 0.3) is 0 Å². The predicted octanol–water partition coefficient (Wildman–Crippen LogP) is 2.08. The summed E-state index contributed by atoms with van der Waals surface area (Å²) in [6.07, 6.45) is 1.51. The summed E-state index contributed by atoms with van der Waals surface area (Å²) in [5.74, 6) is 5.07. The van der Waals surface area contributed by atoms with Gasteiger partial charge in [0, 0.05) is 6.42 Å². The van der Waals surface area contributed by atoms with Crippen molar-refractivity contribution in [3.63, 3.8) is 0 Å². The van der Waals surface area contributed by atoms with Crippen LogP contribution in [0.2, 0.25) is 0 Å². The van der Waals surface area contributed by atoms with Gasteiger partial charge in [-0.1, -0.05) is 26.2 Å². The molecule has 1 N–H and O–H groups in total. The molecule has 1 aliphatic rings. The molecule has 1 rings (SSSR count). The standard InChI is InChI=1S/C13H22O3/c1-5-7-9-10(14)12-11(8-6-2)15-13(3,4)16-12/h10-12,14H,5-6,8H2,1-4H3. The number of ether oxygens (including phenoxy) is 2. The fourth-order valence-electron chi connectivity index (χ4n) is 1.93. The molecule has 1 aliphatic heterocycles. The van der Waals surface area contributed by atoms with Gasteiger partial charge in [-0.05, 0) is 20.3 Å². The van der Waals surface area contributed by atoms with Gasteiger partial charge in [-0.15, -0.1) is 5.92 Å². The molecule has 1 fully saturated rings. The average molecular weight is 226 g/mol. The first kappa shape index (κ1) is 13.5. The molecule has 3 heteroatoms. The quantitative estimate of drug-likeness (QED) is 0.749. The summed E-state index contributed by atoms with van der Waals surface area (Å²) in [6, 6.07) is 0. The van der Waals surface area contributed by atoms with Crippen molar-refractivity contribution in [3.8, 4) is 11.8 Å². The molecule has 0 bridgehead atoms. The third-order valence-corrected chi connectivity index (χ3v) is 2.53. The zero-order chi connectivity index (χ0) is 12.2. The van der Waals surface area contributed by atoms with Gasteiger partial charge in [0.05, 0.1) is 6.10 Å². The second-order valence-electron chi connectivity index (χ2n) is 4.55. The Balaban J connectivity index is 2.68. The van der Waals surface area contributed by atoms with Crippen LogP contribution in [0.1, 0.15) is 47.0 Å². The number of hydrogen-bond donors (Lipinski definition) is 1. The smallest absolute Gasteiger partial charge is 0.163 e. The van der Waals surface area contributed by atoms with Gasteiger partial charge >= 0.3 is 0 Å². The summed E-state index contributed by atoms with van der Waals surface area (Å²) in [5.41, 5.74) is 0. The summed E-state index contributed by atoms with van der Waals surface area (Å²) in [7, 11) is 0. The topological polar surface area (TPSA) is 38.7 Å². The number of aliphatic hydroxyl groups is 1. The molecule has 1 saturated heterocycles. The van der Waals surface area contributed by atoms with Crippen LogP contribution in [0.15, 0.2) is 0 Å². The molecule has 3 nitrogen and oxygen atoms in total. The Kier molecular flexibility index (Phi) is 4.79. The van der Waals surface area contributed by atoms with Crippen molar-refractivity contribution in [2.75, 3.05) is 0 Å². The van der Waals surface area contributed by atoms with Crippen LogP contribution in [-0.2, 0) is 9.47 Å².